The summed E-state index contributed by atoms with van der Waals surface area (Å²) in [4.78, 5) is 15.3. The Bertz CT molecular complexity index is 589. The monoisotopic (exact) mass is 262 g/mol. The van der Waals surface area contributed by atoms with Crippen LogP contribution in [0.15, 0.2) is 29.0 Å². The van der Waals surface area contributed by atoms with Gasteiger partial charge in [-0.3, -0.25) is 4.79 Å². The van der Waals surface area contributed by atoms with E-state index in [1.54, 1.807) is 13.8 Å². The molecule has 5 nitrogen and oxygen atoms in total. The van der Waals surface area contributed by atoms with Crippen LogP contribution in [-0.2, 0) is 4.79 Å². The van der Waals surface area contributed by atoms with Crippen LogP contribution in [0.4, 0.5) is 0 Å². The second kappa shape index (κ2) is 5.01. The number of nitrogens with one attached hydrogen (secondary N) is 1. The van der Waals surface area contributed by atoms with Gasteiger partial charge in [0, 0.05) is 6.04 Å². The number of hydrogen-bond acceptors (Lipinski definition) is 4. The lowest BCUT2D eigenvalue weighted by Gasteiger charge is -2.26. The maximum atomic E-state index is 11.2. The fraction of sp³-hybridized carbons (Fsp3) is 0.429. The summed E-state index contributed by atoms with van der Waals surface area (Å²) >= 11 is 0. The Labute approximate surface area is 111 Å². The van der Waals surface area contributed by atoms with Crippen LogP contribution in [0.25, 0.3) is 11.1 Å². The highest BCUT2D eigenvalue weighted by atomic mass is 16.4. The van der Waals surface area contributed by atoms with Gasteiger partial charge in [-0.1, -0.05) is 6.07 Å². The van der Waals surface area contributed by atoms with E-state index in [-0.39, 0.29) is 6.04 Å². The van der Waals surface area contributed by atoms with Gasteiger partial charge in [0.25, 0.3) is 0 Å². The number of fused-ring (bicyclic) bond motifs is 1. The number of hydrogen-bond donors (Lipinski definition) is 2. The van der Waals surface area contributed by atoms with Crippen LogP contribution in [0.3, 0.4) is 0 Å². The summed E-state index contributed by atoms with van der Waals surface area (Å²) in [5, 5.41) is 12.4. The van der Waals surface area contributed by atoms with Crippen molar-refractivity contribution in [3.8, 4) is 0 Å². The largest absolute Gasteiger partial charge is 0.481 e. The van der Waals surface area contributed by atoms with Crippen molar-refractivity contribution in [2.24, 2.45) is 5.41 Å². The first kappa shape index (κ1) is 13.5. The average molecular weight is 262 g/mol. The van der Waals surface area contributed by atoms with Crippen LogP contribution in [0.1, 0.15) is 31.9 Å². The van der Waals surface area contributed by atoms with Gasteiger partial charge in [-0.15, -0.1) is 0 Å². The molecule has 0 amide bonds. The van der Waals surface area contributed by atoms with Crippen molar-refractivity contribution in [3.63, 3.8) is 0 Å². The first-order valence-corrected chi connectivity index (χ1v) is 6.18. The van der Waals surface area contributed by atoms with Gasteiger partial charge in [0.15, 0.2) is 12.0 Å². The summed E-state index contributed by atoms with van der Waals surface area (Å²) in [5.41, 5.74) is 1.73. The van der Waals surface area contributed by atoms with Crippen molar-refractivity contribution in [1.82, 2.24) is 10.3 Å². The molecule has 1 heterocycles. The number of carboxylic acids is 1. The number of oxazole rings is 1. The van der Waals surface area contributed by atoms with Crippen LogP contribution >= 0.6 is 0 Å². The number of carboxylic acid groups (broad SMARTS) is 1. The van der Waals surface area contributed by atoms with Gasteiger partial charge in [0.2, 0.25) is 0 Å². The topological polar surface area (TPSA) is 75.4 Å². The number of aromatic nitrogens is 1. The van der Waals surface area contributed by atoms with Gasteiger partial charge < -0.3 is 14.8 Å². The molecular weight excluding hydrogens is 244 g/mol. The molecule has 2 aromatic rings. The molecule has 0 aliphatic heterocycles. The summed E-state index contributed by atoms with van der Waals surface area (Å²) in [6.07, 6.45) is 1.91. The minimum Gasteiger partial charge on any atom is -0.481 e. The highest BCUT2D eigenvalue weighted by Crippen LogP contribution is 2.31. The number of rotatable bonds is 5. The quantitative estimate of drug-likeness (QED) is 0.866. The fourth-order valence-corrected chi connectivity index (χ4v) is 2.07. The molecular formula is C14H18N2O3. The van der Waals surface area contributed by atoms with Crippen molar-refractivity contribution >= 4 is 17.1 Å². The van der Waals surface area contributed by atoms with Crippen molar-refractivity contribution < 1.29 is 14.3 Å². The van der Waals surface area contributed by atoms with Gasteiger partial charge in [-0.05, 0) is 45.0 Å². The second-order valence-corrected chi connectivity index (χ2v) is 5.31. The molecule has 1 aromatic heterocycles. The summed E-state index contributed by atoms with van der Waals surface area (Å²) in [5.74, 6) is -0.798. The molecule has 1 unspecified atom stereocenters. The highest BCUT2D eigenvalue weighted by molar-refractivity contribution is 5.74. The molecule has 0 spiro atoms. The lowest BCUT2D eigenvalue weighted by Crippen LogP contribution is -2.30. The Morgan fingerprint density at radius 3 is 2.89 bits per heavy atom. The first-order chi connectivity index (χ1) is 8.94. The number of carbonyl (C=O) groups is 1. The molecule has 5 heteroatoms. The Balaban J connectivity index is 2.28. The minimum absolute atomic E-state index is 0.0411. The number of benzene rings is 1. The Morgan fingerprint density at radius 2 is 2.26 bits per heavy atom. The molecule has 0 aliphatic carbocycles. The zero-order valence-electron chi connectivity index (χ0n) is 11.3. The zero-order chi connectivity index (χ0) is 14.0. The average Bonchev–Trinajstić information content (AvgIpc) is 2.82. The van der Waals surface area contributed by atoms with E-state index in [1.807, 2.05) is 25.2 Å². The fourth-order valence-electron chi connectivity index (χ4n) is 2.07. The molecule has 102 valence electrons. The van der Waals surface area contributed by atoms with Gasteiger partial charge in [-0.25, -0.2) is 4.98 Å². The highest BCUT2D eigenvalue weighted by Gasteiger charge is 2.30. The Morgan fingerprint density at radius 1 is 1.53 bits per heavy atom. The van der Waals surface area contributed by atoms with Gasteiger partial charge in [-0.2, -0.15) is 0 Å². The van der Waals surface area contributed by atoms with Gasteiger partial charge >= 0.3 is 5.97 Å². The van der Waals surface area contributed by atoms with E-state index in [9.17, 15) is 9.90 Å². The minimum atomic E-state index is -0.798. The molecule has 0 fully saturated rings. The summed E-state index contributed by atoms with van der Waals surface area (Å²) < 4.78 is 5.28. The third-order valence-electron chi connectivity index (χ3n) is 3.40. The summed E-state index contributed by atoms with van der Waals surface area (Å²) in [7, 11) is 1.83. The van der Waals surface area contributed by atoms with Crippen molar-refractivity contribution in [1.29, 1.82) is 0 Å². The first-order valence-electron chi connectivity index (χ1n) is 6.18. The third kappa shape index (κ3) is 2.76. The molecule has 2 rings (SSSR count). The van der Waals surface area contributed by atoms with Crippen molar-refractivity contribution in [3.05, 3.63) is 30.2 Å². The number of aliphatic carboxylic acids is 1. The normalized spacial score (nSPS) is 13.6. The molecule has 0 bridgehead atoms. The zero-order valence-corrected chi connectivity index (χ0v) is 11.3. The van der Waals surface area contributed by atoms with Crippen molar-refractivity contribution in [2.45, 2.75) is 26.3 Å². The van der Waals surface area contributed by atoms with E-state index in [2.05, 4.69) is 10.3 Å². The Kier molecular flexibility index (Phi) is 3.57. The molecule has 0 radical (unpaired) electrons. The molecule has 1 aromatic carbocycles. The van der Waals surface area contributed by atoms with E-state index in [0.717, 1.165) is 11.1 Å². The SMILES string of the molecule is CNC(CC(C)(C)C(=O)O)c1ccc2ncoc2c1. The van der Waals surface area contributed by atoms with E-state index < -0.39 is 11.4 Å². The van der Waals surface area contributed by atoms with Crippen LogP contribution < -0.4 is 5.32 Å². The van der Waals surface area contributed by atoms with E-state index in [0.29, 0.717) is 12.0 Å². The summed E-state index contributed by atoms with van der Waals surface area (Å²) in [6, 6.07) is 5.69. The predicted molar refractivity (Wildman–Crippen MR) is 71.8 cm³/mol. The summed E-state index contributed by atoms with van der Waals surface area (Å²) in [6.45, 7) is 3.46. The molecule has 0 saturated carbocycles. The Hall–Kier alpha value is -1.88. The maximum absolute atomic E-state index is 11.2. The van der Waals surface area contributed by atoms with Crippen molar-refractivity contribution in [2.75, 3.05) is 7.05 Å². The predicted octanol–water partition coefficient (Wildman–Crippen LogP) is 2.59. The maximum Gasteiger partial charge on any atom is 0.309 e. The van der Waals surface area contributed by atoms with E-state index in [4.69, 9.17) is 4.42 Å². The second-order valence-electron chi connectivity index (χ2n) is 5.31. The number of nitrogens with zero attached hydrogens (tertiary/aromatic N) is 1. The smallest absolute Gasteiger partial charge is 0.309 e. The molecule has 1 atom stereocenters. The molecule has 2 N–H and O–H groups in total. The lowest BCUT2D eigenvalue weighted by atomic mass is 9.83. The van der Waals surface area contributed by atoms with E-state index >= 15 is 0 Å². The van der Waals surface area contributed by atoms with E-state index in [1.165, 1.54) is 6.39 Å². The standard InChI is InChI=1S/C14H18N2O3/c1-14(2,13(17)18)7-11(15-3)9-4-5-10-12(6-9)19-8-16-10/h4-6,8,11,15H,7H2,1-3H3,(H,17,18). The van der Waals surface area contributed by atoms with Gasteiger partial charge in [0.1, 0.15) is 5.52 Å². The molecule has 19 heavy (non-hydrogen) atoms. The van der Waals surface area contributed by atoms with Crippen LogP contribution in [0.5, 0.6) is 0 Å². The lowest BCUT2D eigenvalue weighted by molar-refractivity contribution is -0.147. The molecule has 0 aliphatic rings. The van der Waals surface area contributed by atoms with Gasteiger partial charge in [0.05, 0.1) is 5.41 Å². The third-order valence-corrected chi connectivity index (χ3v) is 3.40. The van der Waals surface area contributed by atoms with Crippen LogP contribution in [-0.4, -0.2) is 23.1 Å². The van der Waals surface area contributed by atoms with Crippen LogP contribution in [0.2, 0.25) is 0 Å². The van der Waals surface area contributed by atoms with Crippen LogP contribution in [0, 0.1) is 5.41 Å². The molecule has 0 saturated heterocycles.